The molecule has 0 radical (unpaired) electrons. The quantitative estimate of drug-likeness (QED) is 0.372. The largest absolute Gasteiger partial charge is 0.201 e. The standard InChI is InChI=1S/C20H26Cl2N/c1-2-3-4-5-6-7-8-17-11-13-23(14-12-17)16-18-9-10-19(21)15-20(18)22/h9-15H,2-8,16H2,1H3/q+1. The Morgan fingerprint density at radius 3 is 2.26 bits per heavy atom. The van der Waals surface area contributed by atoms with E-state index in [0.717, 1.165) is 17.1 Å². The minimum absolute atomic E-state index is 0.679. The molecule has 0 aliphatic heterocycles. The zero-order chi connectivity index (χ0) is 16.5. The molecule has 0 saturated carbocycles. The van der Waals surface area contributed by atoms with E-state index in [-0.39, 0.29) is 0 Å². The summed E-state index contributed by atoms with van der Waals surface area (Å²) in [5, 5.41) is 1.40. The Bertz CT molecular complexity index is 593. The molecule has 0 bridgehead atoms. The fourth-order valence-electron chi connectivity index (χ4n) is 2.72. The van der Waals surface area contributed by atoms with Crippen LogP contribution in [0.4, 0.5) is 0 Å². The summed E-state index contributed by atoms with van der Waals surface area (Å²) < 4.78 is 2.15. The van der Waals surface area contributed by atoms with Crippen LogP contribution >= 0.6 is 23.2 Å². The van der Waals surface area contributed by atoms with Gasteiger partial charge in [0.1, 0.15) is 0 Å². The first kappa shape index (κ1) is 18.3. The van der Waals surface area contributed by atoms with E-state index in [1.807, 2.05) is 12.1 Å². The van der Waals surface area contributed by atoms with Gasteiger partial charge < -0.3 is 0 Å². The Labute approximate surface area is 150 Å². The van der Waals surface area contributed by atoms with Gasteiger partial charge in [-0.05, 0) is 36.6 Å². The van der Waals surface area contributed by atoms with Gasteiger partial charge in [0.05, 0.1) is 5.02 Å². The van der Waals surface area contributed by atoms with E-state index in [2.05, 4.69) is 36.0 Å². The van der Waals surface area contributed by atoms with Gasteiger partial charge in [-0.15, -0.1) is 0 Å². The molecule has 0 fully saturated rings. The first-order chi connectivity index (χ1) is 11.2. The van der Waals surface area contributed by atoms with Crippen LogP contribution in [-0.4, -0.2) is 0 Å². The van der Waals surface area contributed by atoms with Crippen molar-refractivity contribution >= 4 is 23.2 Å². The second-order valence-electron chi connectivity index (χ2n) is 6.13. The molecule has 2 rings (SSSR count). The highest BCUT2D eigenvalue weighted by Gasteiger charge is 2.07. The lowest BCUT2D eigenvalue weighted by Gasteiger charge is -2.04. The lowest BCUT2D eigenvalue weighted by atomic mass is 10.1. The maximum Gasteiger partial charge on any atom is 0.175 e. The van der Waals surface area contributed by atoms with Gasteiger partial charge >= 0.3 is 0 Å². The van der Waals surface area contributed by atoms with Gasteiger partial charge in [0.2, 0.25) is 0 Å². The first-order valence-corrected chi connectivity index (χ1v) is 9.36. The lowest BCUT2D eigenvalue weighted by molar-refractivity contribution is -0.688. The summed E-state index contributed by atoms with van der Waals surface area (Å²) in [6.07, 6.45) is 13.5. The summed E-state index contributed by atoms with van der Waals surface area (Å²) in [4.78, 5) is 0. The number of unbranched alkanes of at least 4 members (excludes halogenated alkanes) is 5. The molecule has 0 aliphatic rings. The third-order valence-corrected chi connectivity index (χ3v) is 4.73. The Balaban J connectivity index is 1.80. The summed E-state index contributed by atoms with van der Waals surface area (Å²) >= 11 is 12.2. The van der Waals surface area contributed by atoms with Crippen molar-refractivity contribution in [1.82, 2.24) is 0 Å². The van der Waals surface area contributed by atoms with E-state index in [4.69, 9.17) is 23.2 Å². The normalized spacial score (nSPS) is 10.9. The number of halogens is 2. The maximum atomic E-state index is 6.23. The number of nitrogens with zero attached hydrogens (tertiary/aromatic N) is 1. The van der Waals surface area contributed by atoms with Crippen molar-refractivity contribution in [3.8, 4) is 0 Å². The van der Waals surface area contributed by atoms with Crippen LogP contribution in [0.5, 0.6) is 0 Å². The van der Waals surface area contributed by atoms with Crippen LogP contribution < -0.4 is 4.57 Å². The van der Waals surface area contributed by atoms with Gasteiger partial charge in [-0.2, -0.15) is 0 Å². The average molecular weight is 351 g/mol. The molecule has 0 atom stereocenters. The fraction of sp³-hybridized carbons (Fsp3) is 0.450. The van der Waals surface area contributed by atoms with Gasteiger partial charge in [-0.1, -0.05) is 62.2 Å². The van der Waals surface area contributed by atoms with E-state index < -0.39 is 0 Å². The predicted molar refractivity (Wildman–Crippen MR) is 99.3 cm³/mol. The van der Waals surface area contributed by atoms with Crippen molar-refractivity contribution in [2.45, 2.75) is 58.4 Å². The monoisotopic (exact) mass is 350 g/mol. The number of pyridine rings is 1. The van der Waals surface area contributed by atoms with Crippen molar-refractivity contribution in [2.24, 2.45) is 0 Å². The molecule has 0 N–H and O–H groups in total. The number of hydrogen-bond acceptors (Lipinski definition) is 0. The van der Waals surface area contributed by atoms with Gasteiger partial charge in [-0.25, -0.2) is 4.57 Å². The molecule has 23 heavy (non-hydrogen) atoms. The van der Waals surface area contributed by atoms with Crippen molar-refractivity contribution in [3.05, 3.63) is 63.9 Å². The molecule has 2 aromatic rings. The minimum atomic E-state index is 0.679. The summed E-state index contributed by atoms with van der Waals surface area (Å²) in [5.41, 5.74) is 2.50. The van der Waals surface area contributed by atoms with Crippen LogP contribution in [0.2, 0.25) is 10.0 Å². The SMILES string of the molecule is CCCCCCCCc1cc[n+](Cc2ccc(Cl)cc2Cl)cc1. The van der Waals surface area contributed by atoms with Crippen molar-refractivity contribution in [3.63, 3.8) is 0 Å². The molecule has 0 aliphatic carbocycles. The number of benzene rings is 1. The van der Waals surface area contributed by atoms with Crippen molar-refractivity contribution in [2.75, 3.05) is 0 Å². The Morgan fingerprint density at radius 2 is 1.57 bits per heavy atom. The van der Waals surface area contributed by atoms with E-state index in [1.54, 1.807) is 6.07 Å². The van der Waals surface area contributed by atoms with E-state index in [1.165, 1.54) is 50.5 Å². The van der Waals surface area contributed by atoms with E-state index >= 15 is 0 Å². The van der Waals surface area contributed by atoms with Crippen LogP contribution in [0.1, 0.15) is 56.6 Å². The fourth-order valence-corrected chi connectivity index (χ4v) is 3.18. The third-order valence-electron chi connectivity index (χ3n) is 4.15. The second kappa shape index (κ2) is 9.95. The molecule has 0 saturated heterocycles. The summed E-state index contributed by atoms with van der Waals surface area (Å²) in [6, 6.07) is 10.1. The highest BCUT2D eigenvalue weighted by molar-refractivity contribution is 6.35. The Kier molecular flexibility index (Phi) is 7.91. The maximum absolute atomic E-state index is 6.23. The number of hydrogen-bond donors (Lipinski definition) is 0. The molecule has 0 spiro atoms. The summed E-state index contributed by atoms with van der Waals surface area (Å²) in [7, 11) is 0. The number of rotatable bonds is 9. The van der Waals surface area contributed by atoms with Crippen LogP contribution in [0.15, 0.2) is 42.7 Å². The topological polar surface area (TPSA) is 3.88 Å². The predicted octanol–water partition coefficient (Wildman–Crippen LogP) is 6.23. The molecule has 1 aromatic carbocycles. The van der Waals surface area contributed by atoms with Gasteiger partial charge in [0.25, 0.3) is 0 Å². The zero-order valence-corrected chi connectivity index (χ0v) is 15.4. The Hall–Kier alpha value is -1.05. The molecule has 1 nitrogen and oxygen atoms in total. The summed E-state index contributed by atoms with van der Waals surface area (Å²) in [5.74, 6) is 0. The van der Waals surface area contributed by atoms with Crippen LogP contribution in [0, 0.1) is 0 Å². The third kappa shape index (κ3) is 6.53. The molecule has 1 heterocycles. The van der Waals surface area contributed by atoms with E-state index in [0.29, 0.717) is 5.02 Å². The molecule has 3 heteroatoms. The van der Waals surface area contributed by atoms with Gasteiger partial charge in [-0.3, -0.25) is 0 Å². The number of aromatic nitrogens is 1. The van der Waals surface area contributed by atoms with Crippen LogP contribution in [0.25, 0.3) is 0 Å². The summed E-state index contributed by atoms with van der Waals surface area (Å²) in [6.45, 7) is 3.03. The molecule has 124 valence electrons. The van der Waals surface area contributed by atoms with Gasteiger partial charge in [0, 0.05) is 22.7 Å². The highest BCUT2D eigenvalue weighted by Crippen LogP contribution is 2.20. The molecule has 1 aromatic heterocycles. The highest BCUT2D eigenvalue weighted by atomic mass is 35.5. The molecular formula is C20H26Cl2N+. The van der Waals surface area contributed by atoms with Crippen LogP contribution in [-0.2, 0) is 13.0 Å². The average Bonchev–Trinajstić information content (AvgIpc) is 2.55. The number of aryl methyl sites for hydroxylation is 1. The minimum Gasteiger partial charge on any atom is -0.201 e. The lowest BCUT2D eigenvalue weighted by Crippen LogP contribution is -2.33. The first-order valence-electron chi connectivity index (χ1n) is 8.61. The second-order valence-corrected chi connectivity index (χ2v) is 6.98. The van der Waals surface area contributed by atoms with Crippen LogP contribution in [0.3, 0.4) is 0 Å². The molecular weight excluding hydrogens is 325 g/mol. The molecule has 0 amide bonds. The molecule has 0 unspecified atom stereocenters. The zero-order valence-electron chi connectivity index (χ0n) is 13.9. The smallest absolute Gasteiger partial charge is 0.175 e. The van der Waals surface area contributed by atoms with Crippen molar-refractivity contribution in [1.29, 1.82) is 0 Å². The van der Waals surface area contributed by atoms with Gasteiger partial charge in [0.15, 0.2) is 18.9 Å². The van der Waals surface area contributed by atoms with Crippen molar-refractivity contribution < 1.29 is 4.57 Å². The Morgan fingerprint density at radius 1 is 0.870 bits per heavy atom. The van der Waals surface area contributed by atoms with E-state index in [9.17, 15) is 0 Å².